The molecule has 0 unspecified atom stereocenters. The normalized spacial score (nSPS) is 13.8. The van der Waals surface area contributed by atoms with Crippen molar-refractivity contribution in [1.82, 2.24) is 9.55 Å². The number of nitrogens with zero attached hydrogens (tertiary/aromatic N) is 3. The number of aromatic nitrogens is 2. The largest absolute Gasteiger partial charge is 0.422 e. The van der Waals surface area contributed by atoms with Gasteiger partial charge in [0, 0.05) is 24.3 Å². The lowest BCUT2D eigenvalue weighted by atomic mass is 10.3. The highest BCUT2D eigenvalue weighted by Crippen LogP contribution is 2.24. The van der Waals surface area contributed by atoms with Crippen molar-refractivity contribution in [3.63, 3.8) is 0 Å². The van der Waals surface area contributed by atoms with Crippen molar-refractivity contribution in [2.75, 3.05) is 11.4 Å². The topological polar surface area (TPSA) is 64.4 Å². The molecule has 130 valence electrons. The summed E-state index contributed by atoms with van der Waals surface area (Å²) >= 11 is 0. The number of hydrogen-bond acceptors (Lipinski definition) is 4. The van der Waals surface area contributed by atoms with Crippen molar-refractivity contribution in [2.24, 2.45) is 0 Å². The number of carbonyl (C=O) groups is 2. The summed E-state index contributed by atoms with van der Waals surface area (Å²) in [6, 6.07) is 16.4. The maximum absolute atomic E-state index is 12.5. The molecule has 1 aliphatic heterocycles. The molecule has 1 fully saturated rings. The van der Waals surface area contributed by atoms with Crippen molar-refractivity contribution in [3.8, 4) is 11.4 Å². The van der Waals surface area contributed by atoms with Crippen LogP contribution >= 0.6 is 0 Å². The van der Waals surface area contributed by atoms with Gasteiger partial charge < -0.3 is 9.64 Å². The van der Waals surface area contributed by atoms with Gasteiger partial charge in [0.1, 0.15) is 5.75 Å². The number of esters is 1. The van der Waals surface area contributed by atoms with Gasteiger partial charge in [-0.2, -0.15) is 0 Å². The average Bonchev–Trinajstić information content (AvgIpc) is 3.32. The van der Waals surface area contributed by atoms with Gasteiger partial charge in [-0.05, 0) is 42.8 Å². The van der Waals surface area contributed by atoms with E-state index in [2.05, 4.69) is 4.98 Å². The molecule has 6 heteroatoms. The number of ether oxygens (including phenoxy) is 1. The fraction of sp³-hybridized carbons (Fsp3) is 0.150. The predicted molar refractivity (Wildman–Crippen MR) is 96.6 cm³/mol. The summed E-state index contributed by atoms with van der Waals surface area (Å²) in [5.41, 5.74) is 2.00. The molecule has 26 heavy (non-hydrogen) atoms. The highest BCUT2D eigenvalue weighted by molar-refractivity contribution is 5.95. The van der Waals surface area contributed by atoms with Crippen molar-refractivity contribution in [1.29, 1.82) is 0 Å². The number of anilines is 1. The number of carbonyl (C=O) groups excluding carboxylic acids is 2. The van der Waals surface area contributed by atoms with Crippen LogP contribution in [0.1, 0.15) is 23.3 Å². The zero-order valence-corrected chi connectivity index (χ0v) is 14.0. The van der Waals surface area contributed by atoms with E-state index in [0.717, 1.165) is 24.3 Å². The summed E-state index contributed by atoms with van der Waals surface area (Å²) in [6.45, 7) is 0.730. The Morgan fingerprint density at radius 2 is 1.77 bits per heavy atom. The first-order valence-electron chi connectivity index (χ1n) is 8.43. The van der Waals surface area contributed by atoms with E-state index in [0.29, 0.717) is 17.9 Å². The van der Waals surface area contributed by atoms with Crippen LogP contribution in [0.4, 0.5) is 5.69 Å². The average molecular weight is 347 g/mol. The maximum Gasteiger partial charge on any atom is 0.362 e. The van der Waals surface area contributed by atoms with Crippen LogP contribution < -0.4 is 9.64 Å². The number of rotatable bonds is 4. The van der Waals surface area contributed by atoms with Crippen LogP contribution in [0.25, 0.3) is 5.69 Å². The fourth-order valence-electron chi connectivity index (χ4n) is 3.01. The van der Waals surface area contributed by atoms with E-state index < -0.39 is 5.97 Å². The molecule has 6 nitrogen and oxygen atoms in total. The molecule has 2 heterocycles. The van der Waals surface area contributed by atoms with Gasteiger partial charge in [-0.25, -0.2) is 9.78 Å². The second kappa shape index (κ2) is 6.84. The standard InChI is InChI=1S/C20H17N3O3/c24-19-7-4-12-22(19)16-8-10-17(11-9-16)26-20(25)18-13-21-14-23(18)15-5-2-1-3-6-15/h1-3,5-6,8-11,13-14H,4,7,12H2. The molecule has 1 aliphatic rings. The fourth-order valence-corrected chi connectivity index (χ4v) is 3.01. The number of hydrogen-bond donors (Lipinski definition) is 0. The minimum atomic E-state index is -0.489. The third kappa shape index (κ3) is 3.09. The molecule has 0 atom stereocenters. The molecular weight excluding hydrogens is 330 g/mol. The van der Waals surface area contributed by atoms with E-state index in [1.165, 1.54) is 6.20 Å². The predicted octanol–water partition coefficient (Wildman–Crippen LogP) is 3.22. The van der Waals surface area contributed by atoms with Crippen LogP contribution in [-0.2, 0) is 4.79 Å². The van der Waals surface area contributed by atoms with E-state index in [1.807, 2.05) is 30.3 Å². The summed E-state index contributed by atoms with van der Waals surface area (Å²) in [7, 11) is 0. The lowest BCUT2D eigenvalue weighted by molar-refractivity contribution is -0.117. The van der Waals surface area contributed by atoms with Gasteiger partial charge in [-0.1, -0.05) is 18.2 Å². The smallest absolute Gasteiger partial charge is 0.362 e. The first kappa shape index (κ1) is 16.1. The first-order valence-corrected chi connectivity index (χ1v) is 8.43. The molecule has 0 aliphatic carbocycles. The molecule has 0 saturated carbocycles. The molecular formula is C20H17N3O3. The lowest BCUT2D eigenvalue weighted by Gasteiger charge is -2.15. The molecule has 1 saturated heterocycles. The van der Waals surface area contributed by atoms with Crippen LogP contribution in [0, 0.1) is 0 Å². The van der Waals surface area contributed by atoms with Crippen LogP contribution in [0.3, 0.4) is 0 Å². The SMILES string of the molecule is O=C(Oc1ccc(N2CCCC2=O)cc1)c1cncn1-c1ccccc1. The van der Waals surface area contributed by atoms with Gasteiger partial charge in [-0.3, -0.25) is 9.36 Å². The Morgan fingerprint density at radius 1 is 1.00 bits per heavy atom. The maximum atomic E-state index is 12.5. The Labute approximate surface area is 150 Å². The molecule has 4 rings (SSSR count). The van der Waals surface area contributed by atoms with Crippen LogP contribution in [0.5, 0.6) is 5.75 Å². The van der Waals surface area contributed by atoms with Crippen molar-refractivity contribution < 1.29 is 14.3 Å². The molecule has 0 bridgehead atoms. The monoisotopic (exact) mass is 347 g/mol. The Hall–Kier alpha value is -3.41. The number of para-hydroxylation sites is 1. The van der Waals surface area contributed by atoms with E-state index >= 15 is 0 Å². The molecule has 2 aromatic carbocycles. The minimum Gasteiger partial charge on any atom is -0.422 e. The third-order valence-electron chi connectivity index (χ3n) is 4.31. The summed E-state index contributed by atoms with van der Waals surface area (Å²) in [6.07, 6.45) is 4.51. The second-order valence-corrected chi connectivity index (χ2v) is 6.02. The second-order valence-electron chi connectivity index (χ2n) is 6.02. The summed E-state index contributed by atoms with van der Waals surface area (Å²) in [5.74, 6) is 0.0593. The molecule has 0 spiro atoms. The summed E-state index contributed by atoms with van der Waals surface area (Å²) in [4.78, 5) is 30.1. The van der Waals surface area contributed by atoms with Crippen LogP contribution in [-0.4, -0.2) is 28.0 Å². The van der Waals surface area contributed by atoms with E-state index in [4.69, 9.17) is 4.74 Å². The van der Waals surface area contributed by atoms with Gasteiger partial charge in [0.25, 0.3) is 0 Å². The van der Waals surface area contributed by atoms with E-state index in [-0.39, 0.29) is 5.91 Å². The van der Waals surface area contributed by atoms with Crippen molar-refractivity contribution >= 4 is 17.6 Å². The number of imidazole rings is 1. The zero-order valence-electron chi connectivity index (χ0n) is 14.0. The minimum absolute atomic E-state index is 0.126. The highest BCUT2D eigenvalue weighted by Gasteiger charge is 2.22. The van der Waals surface area contributed by atoms with Crippen molar-refractivity contribution in [3.05, 3.63) is 72.8 Å². The Bertz CT molecular complexity index is 932. The van der Waals surface area contributed by atoms with Gasteiger partial charge >= 0.3 is 5.97 Å². The first-order chi connectivity index (χ1) is 12.7. The summed E-state index contributed by atoms with van der Waals surface area (Å²) < 4.78 is 7.14. The quantitative estimate of drug-likeness (QED) is 0.537. The van der Waals surface area contributed by atoms with E-state index in [9.17, 15) is 9.59 Å². The lowest BCUT2D eigenvalue weighted by Crippen LogP contribution is -2.23. The van der Waals surface area contributed by atoms with Gasteiger partial charge in [0.15, 0.2) is 5.69 Å². The van der Waals surface area contributed by atoms with Gasteiger partial charge in [-0.15, -0.1) is 0 Å². The van der Waals surface area contributed by atoms with Gasteiger partial charge in [0.2, 0.25) is 5.91 Å². The number of benzene rings is 2. The Morgan fingerprint density at radius 3 is 2.46 bits per heavy atom. The Kier molecular flexibility index (Phi) is 4.23. The molecule has 0 N–H and O–H groups in total. The summed E-state index contributed by atoms with van der Waals surface area (Å²) in [5, 5.41) is 0. The Balaban J connectivity index is 1.51. The van der Waals surface area contributed by atoms with Crippen molar-refractivity contribution in [2.45, 2.75) is 12.8 Å². The molecule has 1 aromatic heterocycles. The zero-order chi connectivity index (χ0) is 17.9. The van der Waals surface area contributed by atoms with E-state index in [1.54, 1.807) is 40.1 Å². The molecule has 1 amide bonds. The van der Waals surface area contributed by atoms with Crippen LogP contribution in [0.15, 0.2) is 67.1 Å². The molecule has 3 aromatic rings. The van der Waals surface area contributed by atoms with Gasteiger partial charge in [0.05, 0.1) is 12.5 Å². The molecule has 0 radical (unpaired) electrons. The third-order valence-corrected chi connectivity index (χ3v) is 4.31. The number of amides is 1. The van der Waals surface area contributed by atoms with Crippen LogP contribution in [0.2, 0.25) is 0 Å². The highest BCUT2D eigenvalue weighted by atomic mass is 16.5.